The van der Waals surface area contributed by atoms with Crippen LogP contribution in [0.1, 0.15) is 36.5 Å². The maximum atomic E-state index is 12.7. The Kier molecular flexibility index (Phi) is 4.25. The Hall–Kier alpha value is -2.08. The molecule has 1 spiro atoms. The second-order valence-corrected chi connectivity index (χ2v) is 7.03. The van der Waals surface area contributed by atoms with Crippen LogP contribution in [-0.2, 0) is 9.59 Å². The standard InChI is InChI=1S/C17H19ClN2O4/c1-10(21)19-11-2-3-14(18)12(8-11)15(22)20-6-4-17(5-7-20)9-13(17)16(23)24/h2-3,8,13H,4-7,9H2,1H3,(H,19,21)(H,23,24). The van der Waals surface area contributed by atoms with Crippen LogP contribution in [0.15, 0.2) is 18.2 Å². The van der Waals surface area contributed by atoms with Gasteiger partial charge >= 0.3 is 5.97 Å². The fourth-order valence-electron chi connectivity index (χ4n) is 3.55. The van der Waals surface area contributed by atoms with Gasteiger partial charge in [0.05, 0.1) is 16.5 Å². The number of nitrogens with zero attached hydrogens (tertiary/aromatic N) is 1. The number of rotatable bonds is 3. The highest BCUT2D eigenvalue weighted by Gasteiger charge is 2.59. The molecule has 3 rings (SSSR count). The summed E-state index contributed by atoms with van der Waals surface area (Å²) in [5.41, 5.74) is 0.756. The van der Waals surface area contributed by atoms with Gasteiger partial charge in [-0.2, -0.15) is 0 Å². The number of carbonyl (C=O) groups is 3. The van der Waals surface area contributed by atoms with Gasteiger partial charge in [0.25, 0.3) is 5.91 Å². The van der Waals surface area contributed by atoms with Gasteiger partial charge in [0.15, 0.2) is 0 Å². The number of carboxylic acids is 1. The maximum absolute atomic E-state index is 12.7. The average Bonchev–Trinajstić information content (AvgIpc) is 3.23. The Labute approximate surface area is 144 Å². The van der Waals surface area contributed by atoms with E-state index in [9.17, 15) is 14.4 Å². The molecule has 2 N–H and O–H groups in total. The van der Waals surface area contributed by atoms with Crippen molar-refractivity contribution in [1.82, 2.24) is 4.90 Å². The lowest BCUT2D eigenvalue weighted by Crippen LogP contribution is -2.40. The molecule has 2 aliphatic rings. The summed E-state index contributed by atoms with van der Waals surface area (Å²) in [6.07, 6.45) is 2.13. The SMILES string of the molecule is CC(=O)Nc1ccc(Cl)c(C(=O)N2CCC3(CC2)CC3C(=O)O)c1. The van der Waals surface area contributed by atoms with Crippen LogP contribution in [0.25, 0.3) is 0 Å². The highest BCUT2D eigenvalue weighted by atomic mass is 35.5. The van der Waals surface area contributed by atoms with Gasteiger partial charge in [0.1, 0.15) is 0 Å². The Morgan fingerprint density at radius 1 is 1.29 bits per heavy atom. The molecule has 0 aromatic heterocycles. The molecule has 6 nitrogen and oxygen atoms in total. The summed E-state index contributed by atoms with van der Waals surface area (Å²) in [4.78, 5) is 36.7. The number of hydrogen-bond donors (Lipinski definition) is 2. The molecular formula is C17H19ClN2O4. The zero-order valence-electron chi connectivity index (χ0n) is 13.3. The second-order valence-electron chi connectivity index (χ2n) is 6.63. The summed E-state index contributed by atoms with van der Waals surface area (Å²) in [7, 11) is 0. The van der Waals surface area contributed by atoms with E-state index in [4.69, 9.17) is 16.7 Å². The van der Waals surface area contributed by atoms with E-state index in [1.165, 1.54) is 6.92 Å². The highest BCUT2D eigenvalue weighted by molar-refractivity contribution is 6.34. The molecule has 2 amide bonds. The number of carbonyl (C=O) groups excluding carboxylic acids is 2. The molecule has 1 atom stereocenters. The Morgan fingerprint density at radius 2 is 1.96 bits per heavy atom. The van der Waals surface area contributed by atoms with Gasteiger partial charge in [-0.05, 0) is 42.9 Å². The first-order chi connectivity index (χ1) is 11.3. The molecule has 1 aromatic carbocycles. The fraction of sp³-hybridized carbons (Fsp3) is 0.471. The number of halogens is 1. The summed E-state index contributed by atoms with van der Waals surface area (Å²) >= 11 is 6.14. The molecule has 128 valence electrons. The second kappa shape index (κ2) is 6.09. The molecular weight excluding hydrogens is 332 g/mol. The monoisotopic (exact) mass is 350 g/mol. The number of aliphatic carboxylic acids is 1. The fourth-order valence-corrected chi connectivity index (χ4v) is 3.74. The summed E-state index contributed by atoms with van der Waals surface area (Å²) in [5.74, 6) is -1.40. The van der Waals surface area contributed by atoms with Crippen LogP contribution in [0.4, 0.5) is 5.69 Å². The summed E-state index contributed by atoms with van der Waals surface area (Å²) in [5, 5.41) is 12.1. The molecule has 1 aliphatic heterocycles. The van der Waals surface area contributed by atoms with Crippen LogP contribution in [0.3, 0.4) is 0 Å². The van der Waals surface area contributed by atoms with Crippen LogP contribution in [0.2, 0.25) is 5.02 Å². The van der Waals surface area contributed by atoms with Crippen LogP contribution in [-0.4, -0.2) is 40.9 Å². The van der Waals surface area contributed by atoms with E-state index < -0.39 is 5.97 Å². The third kappa shape index (κ3) is 3.11. The van der Waals surface area contributed by atoms with Crippen LogP contribution in [0, 0.1) is 11.3 Å². The molecule has 1 aliphatic carbocycles. The third-order valence-corrected chi connectivity index (χ3v) is 5.38. The van der Waals surface area contributed by atoms with Crippen molar-refractivity contribution in [3.05, 3.63) is 28.8 Å². The first-order valence-electron chi connectivity index (χ1n) is 7.92. The minimum Gasteiger partial charge on any atom is -0.481 e. The van der Waals surface area contributed by atoms with E-state index in [0.29, 0.717) is 48.6 Å². The van der Waals surface area contributed by atoms with Crippen LogP contribution < -0.4 is 5.32 Å². The minimum absolute atomic E-state index is 0.121. The molecule has 1 saturated heterocycles. The molecule has 1 heterocycles. The zero-order chi connectivity index (χ0) is 17.5. The molecule has 1 aromatic rings. The molecule has 7 heteroatoms. The number of nitrogens with one attached hydrogen (secondary N) is 1. The van der Waals surface area contributed by atoms with Crippen molar-refractivity contribution in [2.45, 2.75) is 26.2 Å². The minimum atomic E-state index is -0.735. The van der Waals surface area contributed by atoms with Gasteiger partial charge < -0.3 is 15.3 Å². The van der Waals surface area contributed by atoms with E-state index >= 15 is 0 Å². The lowest BCUT2D eigenvalue weighted by molar-refractivity contribution is -0.139. The first kappa shape index (κ1) is 16.8. The molecule has 0 radical (unpaired) electrons. The Bertz CT molecular complexity index is 711. The summed E-state index contributed by atoms with van der Waals surface area (Å²) < 4.78 is 0. The van der Waals surface area contributed by atoms with Gasteiger partial charge in [0.2, 0.25) is 5.91 Å². The number of benzene rings is 1. The van der Waals surface area contributed by atoms with Crippen LogP contribution >= 0.6 is 11.6 Å². The van der Waals surface area contributed by atoms with Crippen molar-refractivity contribution in [2.24, 2.45) is 11.3 Å². The van der Waals surface area contributed by atoms with Crippen molar-refractivity contribution in [2.75, 3.05) is 18.4 Å². The van der Waals surface area contributed by atoms with Gasteiger partial charge in [-0.3, -0.25) is 14.4 Å². The van der Waals surface area contributed by atoms with E-state index in [2.05, 4.69) is 5.32 Å². The van der Waals surface area contributed by atoms with E-state index in [-0.39, 0.29) is 23.1 Å². The largest absolute Gasteiger partial charge is 0.481 e. The number of amides is 2. The number of hydrogen-bond acceptors (Lipinski definition) is 3. The van der Waals surface area contributed by atoms with Crippen LogP contribution in [0.5, 0.6) is 0 Å². The highest BCUT2D eigenvalue weighted by Crippen LogP contribution is 2.59. The number of carboxylic acid groups (broad SMARTS) is 1. The number of likely N-dealkylation sites (tertiary alicyclic amines) is 1. The predicted molar refractivity (Wildman–Crippen MR) is 89.1 cm³/mol. The van der Waals surface area contributed by atoms with Crippen molar-refractivity contribution in [3.63, 3.8) is 0 Å². The van der Waals surface area contributed by atoms with E-state index in [1.807, 2.05) is 0 Å². The molecule has 0 bridgehead atoms. The zero-order valence-corrected chi connectivity index (χ0v) is 14.1. The molecule has 24 heavy (non-hydrogen) atoms. The molecule has 1 unspecified atom stereocenters. The van der Waals surface area contributed by atoms with Crippen molar-refractivity contribution in [1.29, 1.82) is 0 Å². The molecule has 1 saturated carbocycles. The smallest absolute Gasteiger partial charge is 0.307 e. The van der Waals surface area contributed by atoms with Gasteiger partial charge in [0, 0.05) is 25.7 Å². The number of piperidine rings is 1. The average molecular weight is 351 g/mol. The normalized spacial score (nSPS) is 21.4. The maximum Gasteiger partial charge on any atom is 0.307 e. The lowest BCUT2D eigenvalue weighted by atomic mass is 9.90. The third-order valence-electron chi connectivity index (χ3n) is 5.05. The Morgan fingerprint density at radius 3 is 2.50 bits per heavy atom. The summed E-state index contributed by atoms with van der Waals surface area (Å²) in [6.45, 7) is 2.46. The van der Waals surface area contributed by atoms with Gasteiger partial charge in [-0.15, -0.1) is 0 Å². The topological polar surface area (TPSA) is 86.7 Å². The predicted octanol–water partition coefficient (Wildman–Crippen LogP) is 2.63. The summed E-state index contributed by atoms with van der Waals surface area (Å²) in [6, 6.07) is 4.81. The van der Waals surface area contributed by atoms with Gasteiger partial charge in [-0.1, -0.05) is 11.6 Å². The lowest BCUT2D eigenvalue weighted by Gasteiger charge is -2.33. The van der Waals surface area contributed by atoms with E-state index in [1.54, 1.807) is 23.1 Å². The van der Waals surface area contributed by atoms with E-state index in [0.717, 1.165) is 0 Å². The first-order valence-corrected chi connectivity index (χ1v) is 8.29. The quantitative estimate of drug-likeness (QED) is 0.877. The van der Waals surface area contributed by atoms with Crippen molar-refractivity contribution < 1.29 is 19.5 Å². The number of anilines is 1. The van der Waals surface area contributed by atoms with Crippen molar-refractivity contribution in [3.8, 4) is 0 Å². The Balaban J connectivity index is 1.69. The van der Waals surface area contributed by atoms with Gasteiger partial charge in [-0.25, -0.2) is 0 Å². The molecule has 2 fully saturated rings. The van der Waals surface area contributed by atoms with Crippen molar-refractivity contribution >= 4 is 35.1 Å².